The molecule has 12 heavy (non-hydrogen) atoms. The summed E-state index contributed by atoms with van der Waals surface area (Å²) in [5, 5.41) is 3.32. The lowest BCUT2D eigenvalue weighted by molar-refractivity contribution is 0.0588. The number of nitrogens with one attached hydrogen (secondary N) is 1. The Balaban J connectivity index is 2.46. The number of ether oxygens (including phenoxy) is 1. The minimum atomic E-state index is 0.480. The highest BCUT2D eigenvalue weighted by Crippen LogP contribution is 2.22. The fraction of sp³-hybridized carbons (Fsp3) is 0.800. The molecule has 0 aromatic heterocycles. The smallest absolute Gasteiger partial charge is 0.0469 e. The van der Waals surface area contributed by atoms with Crippen LogP contribution in [0.25, 0.3) is 0 Å². The van der Waals surface area contributed by atoms with E-state index in [1.165, 1.54) is 18.4 Å². The molecule has 0 bridgehead atoms. The Hall–Kier alpha value is -0.340. The van der Waals surface area contributed by atoms with E-state index in [1.54, 1.807) is 0 Å². The highest BCUT2D eigenvalue weighted by atomic mass is 16.5. The molecule has 70 valence electrons. The molecule has 2 nitrogen and oxygen atoms in total. The standard InChI is InChI=1S/C10H19NO/c1-8(2)10(11-3)9-4-6-12-7-5-9/h9-11H,1,4-7H2,2-3H3. The molecule has 1 atom stereocenters. The van der Waals surface area contributed by atoms with Gasteiger partial charge in [-0.15, -0.1) is 0 Å². The summed E-state index contributed by atoms with van der Waals surface area (Å²) in [6.45, 7) is 7.92. The molecule has 1 aliphatic heterocycles. The van der Waals surface area contributed by atoms with Gasteiger partial charge in [0.05, 0.1) is 0 Å². The van der Waals surface area contributed by atoms with Gasteiger partial charge >= 0.3 is 0 Å². The van der Waals surface area contributed by atoms with Crippen molar-refractivity contribution < 1.29 is 4.74 Å². The highest BCUT2D eigenvalue weighted by molar-refractivity contribution is 5.04. The molecule has 0 aromatic carbocycles. The summed E-state index contributed by atoms with van der Waals surface area (Å²) in [7, 11) is 2.01. The monoisotopic (exact) mass is 169 g/mol. The molecule has 1 fully saturated rings. The number of hydrogen-bond acceptors (Lipinski definition) is 2. The van der Waals surface area contributed by atoms with Crippen LogP contribution < -0.4 is 5.32 Å². The normalized spacial score (nSPS) is 22.2. The van der Waals surface area contributed by atoms with Gasteiger partial charge in [-0.2, -0.15) is 0 Å². The quantitative estimate of drug-likeness (QED) is 0.648. The molecule has 0 radical (unpaired) electrons. The van der Waals surface area contributed by atoms with Crippen LogP contribution in [0.2, 0.25) is 0 Å². The predicted molar refractivity (Wildman–Crippen MR) is 51.2 cm³/mol. The minimum Gasteiger partial charge on any atom is -0.381 e. The van der Waals surface area contributed by atoms with Crippen LogP contribution in [0.3, 0.4) is 0 Å². The maximum atomic E-state index is 5.32. The maximum Gasteiger partial charge on any atom is 0.0469 e. The number of rotatable bonds is 3. The first kappa shape index (κ1) is 9.75. The lowest BCUT2D eigenvalue weighted by Gasteiger charge is -2.30. The van der Waals surface area contributed by atoms with Crippen molar-refractivity contribution in [3.05, 3.63) is 12.2 Å². The van der Waals surface area contributed by atoms with E-state index in [9.17, 15) is 0 Å². The fourth-order valence-electron chi connectivity index (χ4n) is 1.93. The summed E-state index contributed by atoms with van der Waals surface area (Å²) in [5.41, 5.74) is 1.24. The van der Waals surface area contributed by atoms with E-state index in [2.05, 4.69) is 18.8 Å². The van der Waals surface area contributed by atoms with Crippen LogP contribution in [0.1, 0.15) is 19.8 Å². The largest absolute Gasteiger partial charge is 0.381 e. The van der Waals surface area contributed by atoms with E-state index in [4.69, 9.17) is 4.74 Å². The minimum absolute atomic E-state index is 0.480. The molecule has 1 rings (SSSR count). The Labute approximate surface area is 75.0 Å². The highest BCUT2D eigenvalue weighted by Gasteiger charge is 2.22. The number of hydrogen-bond donors (Lipinski definition) is 1. The first-order valence-corrected chi connectivity index (χ1v) is 4.66. The van der Waals surface area contributed by atoms with Crippen LogP contribution in [0, 0.1) is 5.92 Å². The predicted octanol–water partition coefficient (Wildman–Crippen LogP) is 1.58. The molecule has 1 unspecified atom stereocenters. The van der Waals surface area contributed by atoms with Crippen molar-refractivity contribution in [3.63, 3.8) is 0 Å². The summed E-state index contributed by atoms with van der Waals surface area (Å²) in [6, 6.07) is 0.480. The van der Waals surface area contributed by atoms with E-state index in [-0.39, 0.29) is 0 Å². The van der Waals surface area contributed by atoms with Gasteiger partial charge in [0.1, 0.15) is 0 Å². The molecule has 0 saturated carbocycles. The molecule has 1 aliphatic rings. The van der Waals surface area contributed by atoms with Gasteiger partial charge in [-0.1, -0.05) is 12.2 Å². The first-order valence-electron chi connectivity index (χ1n) is 4.66. The van der Waals surface area contributed by atoms with Gasteiger partial charge in [0.2, 0.25) is 0 Å². The molecular weight excluding hydrogens is 150 g/mol. The van der Waals surface area contributed by atoms with Gasteiger partial charge in [-0.25, -0.2) is 0 Å². The summed E-state index contributed by atoms with van der Waals surface area (Å²) in [6.07, 6.45) is 2.33. The van der Waals surface area contributed by atoms with Crippen molar-refractivity contribution in [2.75, 3.05) is 20.3 Å². The third-order valence-corrected chi connectivity index (χ3v) is 2.58. The second-order valence-electron chi connectivity index (χ2n) is 3.56. The Morgan fingerprint density at radius 3 is 2.50 bits per heavy atom. The average Bonchev–Trinajstić information content (AvgIpc) is 2.07. The molecule has 1 heterocycles. The maximum absolute atomic E-state index is 5.32. The summed E-state index contributed by atoms with van der Waals surface area (Å²) < 4.78 is 5.32. The van der Waals surface area contributed by atoms with E-state index < -0.39 is 0 Å². The average molecular weight is 169 g/mol. The number of likely N-dealkylation sites (N-methyl/N-ethyl adjacent to an activating group) is 1. The lowest BCUT2D eigenvalue weighted by Crippen LogP contribution is -2.37. The van der Waals surface area contributed by atoms with E-state index in [0.717, 1.165) is 19.1 Å². The van der Waals surface area contributed by atoms with Gasteiger partial charge in [0, 0.05) is 19.3 Å². The first-order chi connectivity index (χ1) is 5.75. The van der Waals surface area contributed by atoms with Crippen molar-refractivity contribution in [3.8, 4) is 0 Å². The van der Waals surface area contributed by atoms with Crippen LogP contribution in [0.5, 0.6) is 0 Å². The molecule has 0 aromatic rings. The molecule has 1 saturated heterocycles. The molecule has 2 heteroatoms. The second-order valence-corrected chi connectivity index (χ2v) is 3.56. The van der Waals surface area contributed by atoms with Gasteiger partial charge in [0.25, 0.3) is 0 Å². The zero-order valence-corrected chi connectivity index (χ0v) is 8.10. The van der Waals surface area contributed by atoms with Crippen LogP contribution in [0.15, 0.2) is 12.2 Å². The van der Waals surface area contributed by atoms with Crippen LogP contribution in [-0.4, -0.2) is 26.3 Å². The SMILES string of the molecule is C=C(C)C(NC)C1CCOCC1. The second kappa shape index (κ2) is 4.63. The topological polar surface area (TPSA) is 21.3 Å². The van der Waals surface area contributed by atoms with Gasteiger partial charge in [-0.05, 0) is 32.7 Å². The Kier molecular flexibility index (Phi) is 3.76. The Morgan fingerprint density at radius 2 is 2.08 bits per heavy atom. The summed E-state index contributed by atoms with van der Waals surface area (Å²) in [4.78, 5) is 0. The van der Waals surface area contributed by atoms with Gasteiger partial charge in [0.15, 0.2) is 0 Å². The van der Waals surface area contributed by atoms with Crippen molar-refractivity contribution in [2.24, 2.45) is 5.92 Å². The molecule has 1 N–H and O–H groups in total. The third-order valence-electron chi connectivity index (χ3n) is 2.58. The van der Waals surface area contributed by atoms with Crippen LogP contribution >= 0.6 is 0 Å². The van der Waals surface area contributed by atoms with Gasteiger partial charge in [-0.3, -0.25) is 0 Å². The van der Waals surface area contributed by atoms with E-state index in [0.29, 0.717) is 6.04 Å². The Bertz CT molecular complexity index is 150. The van der Waals surface area contributed by atoms with E-state index in [1.807, 2.05) is 7.05 Å². The lowest BCUT2D eigenvalue weighted by atomic mass is 9.88. The van der Waals surface area contributed by atoms with Crippen LogP contribution in [0.4, 0.5) is 0 Å². The van der Waals surface area contributed by atoms with Crippen molar-refractivity contribution in [2.45, 2.75) is 25.8 Å². The third kappa shape index (κ3) is 2.32. The summed E-state index contributed by atoms with van der Waals surface area (Å²) in [5.74, 6) is 0.723. The Morgan fingerprint density at radius 1 is 1.50 bits per heavy atom. The zero-order valence-electron chi connectivity index (χ0n) is 8.10. The van der Waals surface area contributed by atoms with Crippen LogP contribution in [-0.2, 0) is 4.74 Å². The van der Waals surface area contributed by atoms with E-state index >= 15 is 0 Å². The van der Waals surface area contributed by atoms with Crippen molar-refractivity contribution in [1.29, 1.82) is 0 Å². The van der Waals surface area contributed by atoms with Crippen molar-refractivity contribution in [1.82, 2.24) is 5.32 Å². The van der Waals surface area contributed by atoms with Crippen molar-refractivity contribution >= 4 is 0 Å². The summed E-state index contributed by atoms with van der Waals surface area (Å²) >= 11 is 0. The molecular formula is C10H19NO. The fourth-order valence-corrected chi connectivity index (χ4v) is 1.93. The molecule has 0 spiro atoms. The van der Waals surface area contributed by atoms with Gasteiger partial charge < -0.3 is 10.1 Å². The molecule has 0 aliphatic carbocycles. The molecule has 0 amide bonds. The zero-order chi connectivity index (χ0) is 8.97.